The lowest BCUT2D eigenvalue weighted by atomic mass is 9.84. The standard InChI is InChI=1S/C14H29N3O2/c1-9(2)16-12(18)10(3)17-13(19)11(8-15)7-14(4,5)6/h9-11H,7-8,15H2,1-6H3,(H,16,18)(H,17,19). The molecule has 0 bridgehead atoms. The molecule has 0 saturated heterocycles. The smallest absolute Gasteiger partial charge is 0.242 e. The molecule has 0 radical (unpaired) electrons. The first-order chi connectivity index (χ1) is 8.56. The summed E-state index contributed by atoms with van der Waals surface area (Å²) in [6.07, 6.45) is 0.702. The highest BCUT2D eigenvalue weighted by molar-refractivity contribution is 5.88. The van der Waals surface area contributed by atoms with Crippen molar-refractivity contribution in [1.82, 2.24) is 10.6 Å². The highest BCUT2D eigenvalue weighted by Crippen LogP contribution is 2.24. The number of rotatable bonds is 6. The number of carbonyl (C=O) groups is 2. The molecule has 0 spiro atoms. The fourth-order valence-electron chi connectivity index (χ4n) is 1.83. The maximum absolute atomic E-state index is 12.1. The number of nitrogens with two attached hydrogens (primary N) is 1. The van der Waals surface area contributed by atoms with Gasteiger partial charge in [0.25, 0.3) is 0 Å². The minimum absolute atomic E-state index is 0.0325. The van der Waals surface area contributed by atoms with Gasteiger partial charge in [0.2, 0.25) is 11.8 Å². The maximum Gasteiger partial charge on any atom is 0.242 e. The van der Waals surface area contributed by atoms with Gasteiger partial charge in [-0.15, -0.1) is 0 Å². The molecule has 0 saturated carbocycles. The van der Waals surface area contributed by atoms with Crippen LogP contribution in [0.4, 0.5) is 0 Å². The van der Waals surface area contributed by atoms with E-state index in [1.54, 1.807) is 6.92 Å². The van der Waals surface area contributed by atoms with Crippen molar-refractivity contribution in [1.29, 1.82) is 0 Å². The average Bonchev–Trinajstić information content (AvgIpc) is 2.23. The van der Waals surface area contributed by atoms with E-state index in [4.69, 9.17) is 5.73 Å². The molecule has 0 fully saturated rings. The van der Waals surface area contributed by atoms with Crippen LogP contribution in [0.5, 0.6) is 0 Å². The first-order valence-electron chi connectivity index (χ1n) is 6.87. The van der Waals surface area contributed by atoms with Gasteiger partial charge in [-0.05, 0) is 32.6 Å². The first kappa shape index (κ1) is 17.9. The van der Waals surface area contributed by atoms with E-state index >= 15 is 0 Å². The van der Waals surface area contributed by atoms with E-state index in [2.05, 4.69) is 31.4 Å². The highest BCUT2D eigenvalue weighted by atomic mass is 16.2. The monoisotopic (exact) mass is 271 g/mol. The Kier molecular flexibility index (Phi) is 7.05. The van der Waals surface area contributed by atoms with Crippen molar-refractivity contribution in [2.45, 2.75) is 60.0 Å². The van der Waals surface area contributed by atoms with E-state index in [0.717, 1.165) is 0 Å². The fraction of sp³-hybridized carbons (Fsp3) is 0.857. The third-order valence-electron chi connectivity index (χ3n) is 2.70. The summed E-state index contributed by atoms with van der Waals surface area (Å²) in [6, 6.07) is -0.476. The molecule has 2 amide bonds. The van der Waals surface area contributed by atoms with Crippen LogP contribution in [-0.4, -0.2) is 30.4 Å². The van der Waals surface area contributed by atoms with Gasteiger partial charge in [-0.2, -0.15) is 0 Å². The largest absolute Gasteiger partial charge is 0.352 e. The molecule has 4 N–H and O–H groups in total. The molecule has 2 atom stereocenters. The predicted octanol–water partition coefficient (Wildman–Crippen LogP) is 1.03. The lowest BCUT2D eigenvalue weighted by Crippen LogP contribution is -2.49. The maximum atomic E-state index is 12.1. The summed E-state index contributed by atoms with van der Waals surface area (Å²) in [6.45, 7) is 11.9. The van der Waals surface area contributed by atoms with Crippen molar-refractivity contribution in [2.75, 3.05) is 6.54 Å². The Morgan fingerprint density at radius 2 is 1.58 bits per heavy atom. The third-order valence-corrected chi connectivity index (χ3v) is 2.70. The summed E-state index contributed by atoms with van der Waals surface area (Å²) >= 11 is 0. The van der Waals surface area contributed by atoms with Crippen LogP contribution in [0, 0.1) is 11.3 Å². The zero-order valence-corrected chi connectivity index (χ0v) is 13.0. The zero-order chi connectivity index (χ0) is 15.2. The zero-order valence-electron chi connectivity index (χ0n) is 13.0. The molecular formula is C14H29N3O2. The van der Waals surface area contributed by atoms with Crippen molar-refractivity contribution >= 4 is 11.8 Å². The second-order valence-electron chi connectivity index (χ2n) is 6.59. The summed E-state index contributed by atoms with van der Waals surface area (Å²) in [5.74, 6) is -0.576. The Hall–Kier alpha value is -1.10. The van der Waals surface area contributed by atoms with Crippen molar-refractivity contribution < 1.29 is 9.59 Å². The van der Waals surface area contributed by atoms with Crippen LogP contribution in [0.3, 0.4) is 0 Å². The minimum atomic E-state index is -0.538. The Morgan fingerprint density at radius 3 is 1.95 bits per heavy atom. The molecule has 2 unspecified atom stereocenters. The summed E-state index contributed by atoms with van der Waals surface area (Å²) in [5.41, 5.74) is 5.68. The molecule has 19 heavy (non-hydrogen) atoms. The van der Waals surface area contributed by atoms with Gasteiger partial charge in [-0.25, -0.2) is 0 Å². The second kappa shape index (κ2) is 7.48. The topological polar surface area (TPSA) is 84.2 Å². The van der Waals surface area contributed by atoms with Gasteiger partial charge < -0.3 is 16.4 Å². The van der Waals surface area contributed by atoms with Crippen LogP contribution < -0.4 is 16.4 Å². The van der Waals surface area contributed by atoms with Gasteiger partial charge in [-0.1, -0.05) is 20.8 Å². The number of hydrogen-bond acceptors (Lipinski definition) is 3. The number of nitrogens with one attached hydrogen (secondary N) is 2. The number of carbonyl (C=O) groups excluding carboxylic acids is 2. The normalized spacial score (nSPS) is 14.9. The summed E-state index contributed by atoms with van der Waals surface area (Å²) in [5, 5.41) is 5.50. The van der Waals surface area contributed by atoms with Gasteiger partial charge >= 0.3 is 0 Å². The van der Waals surface area contributed by atoms with Crippen LogP contribution in [-0.2, 0) is 9.59 Å². The lowest BCUT2D eigenvalue weighted by Gasteiger charge is -2.25. The van der Waals surface area contributed by atoms with Gasteiger partial charge in [0, 0.05) is 12.6 Å². The Balaban J connectivity index is 4.44. The SMILES string of the molecule is CC(C)NC(=O)C(C)NC(=O)C(CN)CC(C)(C)C. The molecule has 112 valence electrons. The molecule has 0 heterocycles. The predicted molar refractivity (Wildman–Crippen MR) is 77.5 cm³/mol. The van der Waals surface area contributed by atoms with Crippen LogP contribution in [0.25, 0.3) is 0 Å². The van der Waals surface area contributed by atoms with Crippen molar-refractivity contribution in [3.05, 3.63) is 0 Å². The molecule has 0 rings (SSSR count). The molecule has 0 aromatic carbocycles. The number of amides is 2. The Labute approximate surface area is 116 Å². The van der Waals surface area contributed by atoms with E-state index < -0.39 is 6.04 Å². The molecule has 0 aliphatic heterocycles. The van der Waals surface area contributed by atoms with E-state index in [-0.39, 0.29) is 29.2 Å². The fourth-order valence-corrected chi connectivity index (χ4v) is 1.83. The molecule has 5 heteroatoms. The van der Waals surface area contributed by atoms with Crippen LogP contribution >= 0.6 is 0 Å². The molecule has 5 nitrogen and oxygen atoms in total. The van der Waals surface area contributed by atoms with Crippen LogP contribution in [0.15, 0.2) is 0 Å². The van der Waals surface area contributed by atoms with Crippen molar-refractivity contribution in [3.8, 4) is 0 Å². The number of hydrogen-bond donors (Lipinski definition) is 3. The molecular weight excluding hydrogens is 242 g/mol. The van der Waals surface area contributed by atoms with Gasteiger partial charge in [0.1, 0.15) is 6.04 Å². The van der Waals surface area contributed by atoms with E-state index in [9.17, 15) is 9.59 Å². The van der Waals surface area contributed by atoms with Crippen molar-refractivity contribution in [2.24, 2.45) is 17.1 Å². The van der Waals surface area contributed by atoms with Crippen molar-refractivity contribution in [3.63, 3.8) is 0 Å². The molecule has 0 aliphatic carbocycles. The van der Waals surface area contributed by atoms with E-state index in [0.29, 0.717) is 13.0 Å². The van der Waals surface area contributed by atoms with Gasteiger partial charge in [-0.3, -0.25) is 9.59 Å². The third kappa shape index (κ3) is 7.82. The van der Waals surface area contributed by atoms with Gasteiger partial charge in [0.05, 0.1) is 5.92 Å². The quantitative estimate of drug-likeness (QED) is 0.674. The summed E-state index contributed by atoms with van der Waals surface area (Å²) in [4.78, 5) is 23.8. The Bertz CT molecular complexity index is 308. The molecule has 0 aromatic heterocycles. The van der Waals surface area contributed by atoms with Gasteiger partial charge in [0.15, 0.2) is 0 Å². The van der Waals surface area contributed by atoms with Crippen LogP contribution in [0.1, 0.15) is 48.0 Å². The average molecular weight is 271 g/mol. The van der Waals surface area contributed by atoms with E-state index in [1.165, 1.54) is 0 Å². The Morgan fingerprint density at radius 1 is 1.05 bits per heavy atom. The molecule has 0 aromatic rings. The van der Waals surface area contributed by atoms with E-state index in [1.807, 2.05) is 13.8 Å². The van der Waals surface area contributed by atoms with Crippen LogP contribution in [0.2, 0.25) is 0 Å². The molecule has 0 aliphatic rings. The minimum Gasteiger partial charge on any atom is -0.352 e. The first-order valence-corrected chi connectivity index (χ1v) is 6.87. The highest BCUT2D eigenvalue weighted by Gasteiger charge is 2.26. The lowest BCUT2D eigenvalue weighted by molar-refractivity contribution is -0.131. The summed E-state index contributed by atoms with van der Waals surface area (Å²) < 4.78 is 0. The second-order valence-corrected chi connectivity index (χ2v) is 6.59. The summed E-state index contributed by atoms with van der Waals surface area (Å²) in [7, 11) is 0.